The van der Waals surface area contributed by atoms with Gasteiger partial charge in [0.15, 0.2) is 11.5 Å². The predicted octanol–water partition coefficient (Wildman–Crippen LogP) is 1.57. The van der Waals surface area contributed by atoms with Crippen LogP contribution in [0.1, 0.15) is 25.8 Å². The van der Waals surface area contributed by atoms with Crippen LogP contribution in [0.2, 0.25) is 0 Å². The third-order valence-electron chi connectivity index (χ3n) is 4.26. The van der Waals surface area contributed by atoms with Gasteiger partial charge in [-0.1, -0.05) is 6.07 Å². The monoisotopic (exact) mass is 333 g/mol. The molecule has 24 heavy (non-hydrogen) atoms. The molecule has 2 aliphatic heterocycles. The first kappa shape index (κ1) is 16.6. The zero-order valence-electron chi connectivity index (χ0n) is 14.3. The van der Waals surface area contributed by atoms with Crippen molar-refractivity contribution in [2.75, 3.05) is 26.9 Å². The van der Waals surface area contributed by atoms with Crippen LogP contribution in [-0.2, 0) is 11.3 Å². The molecule has 0 radical (unpaired) electrons. The van der Waals surface area contributed by atoms with Crippen molar-refractivity contribution in [1.29, 1.82) is 0 Å². The minimum Gasteiger partial charge on any atom is -0.454 e. The molecule has 2 heterocycles. The van der Waals surface area contributed by atoms with Crippen molar-refractivity contribution in [2.45, 2.75) is 32.4 Å². The number of fused-ring (bicyclic) bond motifs is 1. The molecule has 7 nitrogen and oxygen atoms in total. The quantitative estimate of drug-likeness (QED) is 0.800. The molecule has 1 fully saturated rings. The topological polar surface area (TPSA) is 71.1 Å². The van der Waals surface area contributed by atoms with E-state index in [2.05, 4.69) is 10.2 Å². The van der Waals surface area contributed by atoms with Gasteiger partial charge in [-0.15, -0.1) is 0 Å². The van der Waals surface area contributed by atoms with Gasteiger partial charge in [0.2, 0.25) is 6.79 Å². The molecule has 0 saturated carbocycles. The van der Waals surface area contributed by atoms with Crippen molar-refractivity contribution in [2.24, 2.45) is 0 Å². The number of nitrogens with one attached hydrogen (secondary N) is 1. The Labute approximate surface area is 141 Å². The van der Waals surface area contributed by atoms with E-state index >= 15 is 0 Å². The van der Waals surface area contributed by atoms with E-state index in [1.807, 2.05) is 25.2 Å². The average molecular weight is 333 g/mol. The molecule has 0 unspecified atom stereocenters. The predicted molar refractivity (Wildman–Crippen MR) is 87.8 cm³/mol. The van der Waals surface area contributed by atoms with Crippen molar-refractivity contribution in [3.05, 3.63) is 23.8 Å². The largest absolute Gasteiger partial charge is 0.454 e. The number of carbonyl (C=O) groups excluding carboxylic acids is 2. The van der Waals surface area contributed by atoms with E-state index in [0.717, 1.165) is 36.6 Å². The van der Waals surface area contributed by atoms with E-state index in [1.54, 1.807) is 13.8 Å². The molecule has 7 heteroatoms. The van der Waals surface area contributed by atoms with E-state index in [1.165, 1.54) is 4.90 Å². The number of amides is 3. The summed E-state index contributed by atoms with van der Waals surface area (Å²) in [5.74, 6) is 1.40. The number of nitrogens with zero attached hydrogens (tertiary/aromatic N) is 2. The Bertz CT molecular complexity index is 659. The average Bonchev–Trinajstić information content (AvgIpc) is 3.04. The number of ether oxygens (including phenoxy) is 2. The Kier molecular flexibility index (Phi) is 4.36. The van der Waals surface area contributed by atoms with Crippen LogP contribution in [0, 0.1) is 0 Å². The SMILES string of the molecule is CN(CCCN1C(=O)NC(C)(C)C1=O)Cc1ccc2c(c1)OCO2. The summed E-state index contributed by atoms with van der Waals surface area (Å²) in [5.41, 5.74) is 0.341. The molecule has 1 N–H and O–H groups in total. The van der Waals surface area contributed by atoms with Gasteiger partial charge in [0.25, 0.3) is 5.91 Å². The second kappa shape index (κ2) is 6.32. The maximum atomic E-state index is 12.1. The zero-order chi connectivity index (χ0) is 17.3. The molecule has 0 atom stereocenters. The maximum absolute atomic E-state index is 12.1. The number of benzene rings is 1. The highest BCUT2D eigenvalue weighted by molar-refractivity contribution is 6.06. The van der Waals surface area contributed by atoms with Gasteiger partial charge >= 0.3 is 6.03 Å². The molecule has 2 aliphatic rings. The fourth-order valence-electron chi connectivity index (χ4n) is 2.95. The van der Waals surface area contributed by atoms with Crippen LogP contribution < -0.4 is 14.8 Å². The Morgan fingerprint density at radius 1 is 1.25 bits per heavy atom. The molecule has 1 aromatic rings. The van der Waals surface area contributed by atoms with E-state index in [-0.39, 0.29) is 18.7 Å². The van der Waals surface area contributed by atoms with Crippen LogP contribution in [0.25, 0.3) is 0 Å². The van der Waals surface area contributed by atoms with E-state index in [4.69, 9.17) is 9.47 Å². The van der Waals surface area contributed by atoms with E-state index < -0.39 is 5.54 Å². The van der Waals surface area contributed by atoms with Crippen molar-refractivity contribution in [3.63, 3.8) is 0 Å². The third kappa shape index (κ3) is 3.31. The summed E-state index contributed by atoms with van der Waals surface area (Å²) >= 11 is 0. The lowest BCUT2D eigenvalue weighted by Crippen LogP contribution is -2.40. The fourth-order valence-corrected chi connectivity index (χ4v) is 2.95. The number of urea groups is 1. The molecule has 3 rings (SSSR count). The summed E-state index contributed by atoms with van der Waals surface area (Å²) in [6, 6.07) is 5.62. The summed E-state index contributed by atoms with van der Waals surface area (Å²) in [6.45, 7) is 5.70. The van der Waals surface area contributed by atoms with Crippen molar-refractivity contribution in [1.82, 2.24) is 15.1 Å². The number of imide groups is 1. The van der Waals surface area contributed by atoms with Crippen LogP contribution in [0.3, 0.4) is 0 Å². The number of hydrogen-bond acceptors (Lipinski definition) is 5. The minimum absolute atomic E-state index is 0.161. The lowest BCUT2D eigenvalue weighted by atomic mass is 10.1. The van der Waals surface area contributed by atoms with Gasteiger partial charge in [0, 0.05) is 13.1 Å². The second-order valence-corrected chi connectivity index (χ2v) is 6.79. The molecular weight excluding hydrogens is 310 g/mol. The molecule has 1 aromatic carbocycles. The van der Waals surface area contributed by atoms with Crippen LogP contribution in [0.5, 0.6) is 11.5 Å². The van der Waals surface area contributed by atoms with Crippen molar-refractivity contribution in [3.8, 4) is 11.5 Å². The first-order valence-corrected chi connectivity index (χ1v) is 8.08. The molecular formula is C17H23N3O4. The van der Waals surface area contributed by atoms with Crippen molar-refractivity contribution >= 4 is 11.9 Å². The molecule has 0 aliphatic carbocycles. The first-order valence-electron chi connectivity index (χ1n) is 8.08. The third-order valence-corrected chi connectivity index (χ3v) is 4.26. The highest BCUT2D eigenvalue weighted by Crippen LogP contribution is 2.32. The number of carbonyl (C=O) groups is 2. The normalized spacial score (nSPS) is 18.4. The van der Waals surface area contributed by atoms with E-state index in [0.29, 0.717) is 6.54 Å². The Morgan fingerprint density at radius 3 is 2.71 bits per heavy atom. The molecule has 130 valence electrons. The minimum atomic E-state index is -0.796. The standard InChI is InChI=1S/C17H23N3O4/c1-17(2)15(21)20(16(22)18-17)8-4-7-19(3)10-12-5-6-13-14(9-12)24-11-23-13/h5-6,9H,4,7-8,10-11H2,1-3H3,(H,18,22). The lowest BCUT2D eigenvalue weighted by molar-refractivity contribution is -0.130. The number of rotatable bonds is 6. The summed E-state index contributed by atoms with van der Waals surface area (Å²) in [6.07, 6.45) is 0.732. The molecule has 1 saturated heterocycles. The maximum Gasteiger partial charge on any atom is 0.325 e. The number of hydrogen-bond donors (Lipinski definition) is 1. The van der Waals surface area contributed by atoms with Crippen LogP contribution >= 0.6 is 0 Å². The van der Waals surface area contributed by atoms with Crippen LogP contribution in [-0.4, -0.2) is 54.2 Å². The second-order valence-electron chi connectivity index (χ2n) is 6.79. The van der Waals surface area contributed by atoms with Gasteiger partial charge in [-0.2, -0.15) is 0 Å². The summed E-state index contributed by atoms with van der Waals surface area (Å²) < 4.78 is 10.7. The Hall–Kier alpha value is -2.28. The first-order chi connectivity index (χ1) is 11.4. The summed E-state index contributed by atoms with van der Waals surface area (Å²) in [7, 11) is 2.01. The van der Waals surface area contributed by atoms with Gasteiger partial charge < -0.3 is 19.7 Å². The molecule has 0 aromatic heterocycles. The van der Waals surface area contributed by atoms with Gasteiger partial charge in [-0.25, -0.2) is 4.79 Å². The van der Waals surface area contributed by atoms with E-state index in [9.17, 15) is 9.59 Å². The van der Waals surface area contributed by atoms with Crippen molar-refractivity contribution < 1.29 is 19.1 Å². The fraction of sp³-hybridized carbons (Fsp3) is 0.529. The smallest absolute Gasteiger partial charge is 0.325 e. The highest BCUT2D eigenvalue weighted by Gasteiger charge is 2.43. The summed E-state index contributed by atoms with van der Waals surface area (Å²) in [5, 5.41) is 2.69. The molecule has 0 bridgehead atoms. The molecule has 0 spiro atoms. The van der Waals surface area contributed by atoms with Gasteiger partial charge in [0.05, 0.1) is 0 Å². The Balaban J connectivity index is 1.47. The van der Waals surface area contributed by atoms with Gasteiger partial charge in [-0.05, 0) is 51.6 Å². The van der Waals surface area contributed by atoms with Gasteiger partial charge in [0.1, 0.15) is 5.54 Å². The van der Waals surface area contributed by atoms with Crippen LogP contribution in [0.15, 0.2) is 18.2 Å². The zero-order valence-corrected chi connectivity index (χ0v) is 14.3. The lowest BCUT2D eigenvalue weighted by Gasteiger charge is -2.19. The Morgan fingerprint density at radius 2 is 2.00 bits per heavy atom. The van der Waals surface area contributed by atoms with Gasteiger partial charge in [-0.3, -0.25) is 9.69 Å². The van der Waals surface area contributed by atoms with Crippen LogP contribution in [0.4, 0.5) is 4.79 Å². The summed E-state index contributed by atoms with van der Waals surface area (Å²) in [4.78, 5) is 27.4. The molecule has 3 amide bonds. The highest BCUT2D eigenvalue weighted by atomic mass is 16.7.